The second-order valence-corrected chi connectivity index (χ2v) is 7.17. The van der Waals surface area contributed by atoms with Gasteiger partial charge in [-0.15, -0.1) is 13.2 Å². The van der Waals surface area contributed by atoms with Crippen molar-refractivity contribution >= 4 is 11.7 Å². The summed E-state index contributed by atoms with van der Waals surface area (Å²) in [7, 11) is 0. The van der Waals surface area contributed by atoms with Gasteiger partial charge >= 0.3 is 6.36 Å². The monoisotopic (exact) mass is 425 g/mol. The van der Waals surface area contributed by atoms with Crippen LogP contribution in [0.25, 0.3) is 0 Å². The average molecular weight is 425 g/mol. The largest absolute Gasteiger partial charge is 0.573 e. The quantitative estimate of drug-likeness (QED) is 0.612. The predicted molar refractivity (Wildman–Crippen MR) is 113 cm³/mol. The number of rotatable bonds is 3. The number of hydrogen-bond acceptors (Lipinski definition) is 3. The van der Waals surface area contributed by atoms with E-state index in [4.69, 9.17) is 9.90 Å². The summed E-state index contributed by atoms with van der Waals surface area (Å²) in [6.45, 7) is 8.05. The third-order valence-corrected chi connectivity index (χ3v) is 4.26. The normalized spacial score (nSPS) is 13.5. The van der Waals surface area contributed by atoms with Crippen LogP contribution in [0, 0.1) is 0 Å². The first-order valence-electron chi connectivity index (χ1n) is 9.93. The molecule has 0 amide bonds. The zero-order valence-electron chi connectivity index (χ0n) is 17.7. The molecule has 0 saturated carbocycles. The van der Waals surface area contributed by atoms with Crippen molar-refractivity contribution in [3.63, 3.8) is 0 Å². The summed E-state index contributed by atoms with van der Waals surface area (Å²) in [5.41, 5.74) is 2.84. The minimum Gasteiger partial charge on any atom is -0.481 e. The highest BCUT2D eigenvalue weighted by Crippen LogP contribution is 2.23. The summed E-state index contributed by atoms with van der Waals surface area (Å²) in [6, 6.07) is 16.1. The SMILES string of the molecule is CC(=O)O.CC(C)c1ccc(N2CCCCC2)cc1.FC(F)(F)Oc1ccccc1. The molecule has 0 radical (unpaired) electrons. The third-order valence-electron chi connectivity index (χ3n) is 4.26. The van der Waals surface area contributed by atoms with Gasteiger partial charge in [-0.3, -0.25) is 4.79 Å². The molecule has 7 heteroatoms. The van der Waals surface area contributed by atoms with E-state index in [1.54, 1.807) is 6.07 Å². The van der Waals surface area contributed by atoms with Gasteiger partial charge in [-0.25, -0.2) is 0 Å². The maximum atomic E-state index is 11.5. The van der Waals surface area contributed by atoms with Gasteiger partial charge in [0.2, 0.25) is 0 Å². The zero-order chi connectivity index (χ0) is 22.6. The van der Waals surface area contributed by atoms with Gasteiger partial charge in [-0.05, 0) is 55.0 Å². The van der Waals surface area contributed by atoms with Crippen LogP contribution in [0.5, 0.6) is 5.75 Å². The number of piperidine rings is 1. The van der Waals surface area contributed by atoms with Crippen LogP contribution in [0.1, 0.15) is 51.5 Å². The molecule has 1 aliphatic heterocycles. The van der Waals surface area contributed by atoms with Gasteiger partial charge in [0.1, 0.15) is 5.75 Å². The smallest absolute Gasteiger partial charge is 0.481 e. The third kappa shape index (κ3) is 11.3. The molecule has 0 aliphatic carbocycles. The molecule has 3 rings (SSSR count). The molecule has 0 aromatic heterocycles. The first-order valence-corrected chi connectivity index (χ1v) is 9.93. The number of carboxylic acid groups (broad SMARTS) is 1. The summed E-state index contributed by atoms with van der Waals surface area (Å²) in [4.78, 5) is 11.5. The number of nitrogens with zero attached hydrogens (tertiary/aromatic N) is 1. The highest BCUT2D eigenvalue weighted by Gasteiger charge is 2.30. The Kier molecular flexibility index (Phi) is 10.8. The van der Waals surface area contributed by atoms with E-state index in [0.29, 0.717) is 5.92 Å². The molecule has 0 spiro atoms. The van der Waals surface area contributed by atoms with E-state index in [2.05, 4.69) is 47.7 Å². The fourth-order valence-electron chi connectivity index (χ4n) is 2.84. The maximum absolute atomic E-state index is 11.5. The van der Waals surface area contributed by atoms with Gasteiger partial charge in [0.15, 0.2) is 0 Å². The van der Waals surface area contributed by atoms with Crippen molar-refractivity contribution in [2.45, 2.75) is 52.3 Å². The van der Waals surface area contributed by atoms with E-state index in [0.717, 1.165) is 6.92 Å². The van der Waals surface area contributed by atoms with Crippen molar-refractivity contribution in [3.8, 4) is 5.75 Å². The lowest BCUT2D eigenvalue weighted by atomic mass is 10.0. The molecule has 0 bridgehead atoms. The summed E-state index contributed by atoms with van der Waals surface area (Å²) >= 11 is 0. The lowest BCUT2D eigenvalue weighted by Crippen LogP contribution is -2.29. The predicted octanol–water partition coefficient (Wildman–Crippen LogP) is 6.48. The molecular weight excluding hydrogens is 395 g/mol. The molecule has 1 N–H and O–H groups in total. The number of halogens is 3. The number of carboxylic acids is 1. The van der Waals surface area contributed by atoms with Crippen LogP contribution in [-0.4, -0.2) is 30.5 Å². The van der Waals surface area contributed by atoms with E-state index in [-0.39, 0.29) is 5.75 Å². The Bertz CT molecular complexity index is 722. The van der Waals surface area contributed by atoms with E-state index in [1.165, 1.54) is 67.9 Å². The van der Waals surface area contributed by atoms with Crippen molar-refractivity contribution in [2.75, 3.05) is 18.0 Å². The summed E-state index contributed by atoms with van der Waals surface area (Å²) < 4.78 is 38.2. The van der Waals surface area contributed by atoms with Gasteiger partial charge < -0.3 is 14.7 Å². The van der Waals surface area contributed by atoms with Crippen LogP contribution in [0.4, 0.5) is 18.9 Å². The number of aliphatic carboxylic acids is 1. The van der Waals surface area contributed by atoms with Crippen molar-refractivity contribution in [1.82, 2.24) is 0 Å². The van der Waals surface area contributed by atoms with Gasteiger partial charge in [0.25, 0.3) is 5.97 Å². The van der Waals surface area contributed by atoms with Crippen LogP contribution in [0.15, 0.2) is 54.6 Å². The fourth-order valence-corrected chi connectivity index (χ4v) is 2.84. The number of para-hydroxylation sites is 1. The summed E-state index contributed by atoms with van der Waals surface area (Å²) in [5.74, 6) is -0.389. The second-order valence-electron chi connectivity index (χ2n) is 7.17. The van der Waals surface area contributed by atoms with Crippen molar-refractivity contribution in [3.05, 3.63) is 60.2 Å². The zero-order valence-corrected chi connectivity index (χ0v) is 17.7. The molecule has 1 heterocycles. The van der Waals surface area contributed by atoms with E-state index in [9.17, 15) is 13.2 Å². The minimum absolute atomic E-state index is 0.194. The topological polar surface area (TPSA) is 49.8 Å². The molecule has 1 fully saturated rings. The van der Waals surface area contributed by atoms with Gasteiger partial charge in [-0.2, -0.15) is 0 Å². The van der Waals surface area contributed by atoms with E-state index in [1.807, 2.05) is 0 Å². The van der Waals surface area contributed by atoms with E-state index < -0.39 is 12.3 Å². The summed E-state index contributed by atoms with van der Waals surface area (Å²) in [5, 5.41) is 7.42. The molecule has 1 aliphatic rings. The molecule has 30 heavy (non-hydrogen) atoms. The summed E-state index contributed by atoms with van der Waals surface area (Å²) in [6.07, 6.45) is -0.486. The first-order chi connectivity index (χ1) is 14.1. The number of ether oxygens (including phenoxy) is 1. The Labute approximate surface area is 176 Å². The van der Waals surface area contributed by atoms with Crippen molar-refractivity contribution in [1.29, 1.82) is 0 Å². The number of alkyl halides is 3. The lowest BCUT2D eigenvalue weighted by molar-refractivity contribution is -0.274. The highest BCUT2D eigenvalue weighted by atomic mass is 19.4. The minimum atomic E-state index is -4.60. The Hall–Kier alpha value is -2.70. The molecule has 166 valence electrons. The average Bonchev–Trinajstić information content (AvgIpc) is 2.68. The Morgan fingerprint density at radius 2 is 1.47 bits per heavy atom. The number of benzene rings is 2. The molecule has 4 nitrogen and oxygen atoms in total. The first kappa shape index (κ1) is 25.3. The van der Waals surface area contributed by atoms with E-state index >= 15 is 0 Å². The van der Waals surface area contributed by atoms with Crippen molar-refractivity contribution in [2.24, 2.45) is 0 Å². The molecule has 1 saturated heterocycles. The number of anilines is 1. The molecule has 2 aromatic rings. The molecular formula is C23H30F3NO3. The van der Waals surface area contributed by atoms with Crippen LogP contribution >= 0.6 is 0 Å². The Morgan fingerprint density at radius 1 is 0.967 bits per heavy atom. The molecule has 0 unspecified atom stereocenters. The van der Waals surface area contributed by atoms with Crippen LogP contribution < -0.4 is 9.64 Å². The maximum Gasteiger partial charge on any atom is 0.573 e. The van der Waals surface area contributed by atoms with Crippen molar-refractivity contribution < 1.29 is 27.8 Å². The highest BCUT2D eigenvalue weighted by molar-refractivity contribution is 5.62. The molecule has 2 aromatic carbocycles. The van der Waals surface area contributed by atoms with Gasteiger partial charge in [0, 0.05) is 25.7 Å². The standard InChI is InChI=1S/C14H21N.C7H5F3O.C2H4O2/c1-12(2)13-6-8-14(9-7-13)15-10-4-3-5-11-15;8-7(9,10)11-6-4-2-1-3-5-6;1-2(3)4/h6-9,12H,3-5,10-11H2,1-2H3;1-5H;1H3,(H,3,4). The van der Waals surface area contributed by atoms with Crippen LogP contribution in [-0.2, 0) is 4.79 Å². The Morgan fingerprint density at radius 3 is 1.90 bits per heavy atom. The molecule has 0 atom stereocenters. The Balaban J connectivity index is 0.000000264. The van der Waals surface area contributed by atoms with Crippen LogP contribution in [0.2, 0.25) is 0 Å². The number of carbonyl (C=O) groups is 1. The van der Waals surface area contributed by atoms with Gasteiger partial charge in [0.05, 0.1) is 0 Å². The fraction of sp³-hybridized carbons (Fsp3) is 0.435. The number of hydrogen-bond donors (Lipinski definition) is 1. The van der Waals surface area contributed by atoms with Gasteiger partial charge in [-0.1, -0.05) is 44.2 Å². The van der Waals surface area contributed by atoms with Crippen LogP contribution in [0.3, 0.4) is 0 Å². The lowest BCUT2D eigenvalue weighted by Gasteiger charge is -2.29. The second kappa shape index (κ2) is 12.8.